The molecular weight excluding hydrogens is 306 g/mol. The van der Waals surface area contributed by atoms with Crippen LogP contribution in [0, 0.1) is 0 Å². The highest BCUT2D eigenvalue weighted by Crippen LogP contribution is 2.28. The number of halogens is 1. The van der Waals surface area contributed by atoms with Crippen LogP contribution < -0.4 is 0 Å². The summed E-state index contributed by atoms with van der Waals surface area (Å²) in [5.74, 6) is -0.0649. The van der Waals surface area contributed by atoms with Crippen molar-refractivity contribution in [2.45, 2.75) is 26.2 Å². The average Bonchev–Trinajstić information content (AvgIpc) is 2.67. The summed E-state index contributed by atoms with van der Waals surface area (Å²) in [4.78, 5) is 12.7. The second kappa shape index (κ2) is 4.89. The van der Waals surface area contributed by atoms with Gasteiger partial charge >= 0.3 is 0 Å². The normalized spacial score (nSPS) is 11.6. The molecule has 19 heavy (non-hydrogen) atoms. The second-order valence-corrected chi connectivity index (χ2v) is 6.23. The lowest BCUT2D eigenvalue weighted by atomic mass is 9.82. The third kappa shape index (κ3) is 2.61. The monoisotopic (exact) mass is 321 g/mol. The van der Waals surface area contributed by atoms with E-state index in [-0.39, 0.29) is 11.2 Å². The summed E-state index contributed by atoms with van der Waals surface area (Å²) < 4.78 is 1.97. The zero-order valence-electron chi connectivity index (χ0n) is 11.4. The number of rotatable bonds is 2. The zero-order valence-corrected chi connectivity index (χ0v) is 13.0. The van der Waals surface area contributed by atoms with E-state index in [4.69, 9.17) is 0 Å². The maximum atomic E-state index is 12.7. The molecule has 2 rings (SSSR count). The SMILES string of the molecule is Cn1nnc(Br)c1C(=O)c1ccccc1C(C)(C)C. The van der Waals surface area contributed by atoms with E-state index >= 15 is 0 Å². The van der Waals surface area contributed by atoms with Crippen molar-refractivity contribution in [3.05, 3.63) is 45.7 Å². The van der Waals surface area contributed by atoms with Crippen LogP contribution in [0.1, 0.15) is 42.4 Å². The van der Waals surface area contributed by atoms with E-state index in [1.54, 1.807) is 7.05 Å². The zero-order chi connectivity index (χ0) is 14.2. The summed E-state index contributed by atoms with van der Waals surface area (Å²) in [6, 6.07) is 7.67. The molecule has 2 aromatic rings. The topological polar surface area (TPSA) is 47.8 Å². The highest BCUT2D eigenvalue weighted by Gasteiger charge is 2.25. The van der Waals surface area contributed by atoms with Gasteiger partial charge in [-0.05, 0) is 26.9 Å². The smallest absolute Gasteiger partial charge is 0.214 e. The van der Waals surface area contributed by atoms with Gasteiger partial charge in [-0.3, -0.25) is 4.79 Å². The summed E-state index contributed by atoms with van der Waals surface area (Å²) in [6.45, 7) is 6.28. The Labute approximate surface area is 121 Å². The molecule has 0 bridgehead atoms. The number of aryl methyl sites for hydroxylation is 1. The molecule has 1 heterocycles. The molecule has 1 aromatic carbocycles. The quantitative estimate of drug-likeness (QED) is 0.798. The molecule has 0 radical (unpaired) electrons. The van der Waals surface area contributed by atoms with Crippen molar-refractivity contribution >= 4 is 21.7 Å². The van der Waals surface area contributed by atoms with Crippen LogP contribution in [-0.4, -0.2) is 20.8 Å². The average molecular weight is 322 g/mol. The Hall–Kier alpha value is -1.49. The minimum Gasteiger partial charge on any atom is -0.287 e. The maximum absolute atomic E-state index is 12.7. The van der Waals surface area contributed by atoms with Crippen LogP contribution in [0.3, 0.4) is 0 Å². The van der Waals surface area contributed by atoms with Gasteiger partial charge in [0.25, 0.3) is 0 Å². The van der Waals surface area contributed by atoms with Gasteiger partial charge in [0.05, 0.1) is 0 Å². The molecule has 0 saturated heterocycles. The fourth-order valence-corrected chi connectivity index (χ4v) is 2.54. The van der Waals surface area contributed by atoms with Gasteiger partial charge in [-0.15, -0.1) is 5.10 Å². The number of carbonyl (C=O) groups excluding carboxylic acids is 1. The molecule has 0 aliphatic heterocycles. The van der Waals surface area contributed by atoms with Crippen molar-refractivity contribution < 1.29 is 4.79 Å². The first-order valence-corrected chi connectivity index (χ1v) is 6.81. The van der Waals surface area contributed by atoms with Gasteiger partial charge in [-0.2, -0.15) is 0 Å². The highest BCUT2D eigenvalue weighted by molar-refractivity contribution is 9.10. The molecule has 0 atom stereocenters. The minimum absolute atomic E-state index is 0.0649. The molecule has 4 nitrogen and oxygen atoms in total. The van der Waals surface area contributed by atoms with E-state index in [0.29, 0.717) is 15.9 Å². The Balaban J connectivity index is 2.58. The van der Waals surface area contributed by atoms with E-state index in [1.807, 2.05) is 24.3 Å². The van der Waals surface area contributed by atoms with Crippen LogP contribution in [0.25, 0.3) is 0 Å². The minimum atomic E-state index is -0.0925. The summed E-state index contributed by atoms with van der Waals surface area (Å²) in [6.07, 6.45) is 0. The largest absolute Gasteiger partial charge is 0.287 e. The molecule has 0 aliphatic rings. The maximum Gasteiger partial charge on any atom is 0.214 e. The lowest BCUT2D eigenvalue weighted by molar-refractivity contribution is 0.102. The van der Waals surface area contributed by atoms with Crippen molar-refractivity contribution in [3.63, 3.8) is 0 Å². The summed E-state index contributed by atoms with van der Waals surface area (Å²) in [7, 11) is 1.71. The number of benzene rings is 1. The van der Waals surface area contributed by atoms with E-state index in [2.05, 4.69) is 47.0 Å². The van der Waals surface area contributed by atoms with Crippen LogP contribution in [0.15, 0.2) is 28.9 Å². The molecule has 100 valence electrons. The first kappa shape index (κ1) is 13.9. The molecule has 0 spiro atoms. The Morgan fingerprint density at radius 3 is 2.42 bits per heavy atom. The standard InChI is InChI=1S/C14H16BrN3O/c1-14(2,3)10-8-6-5-7-9(10)12(19)11-13(15)16-17-18(11)4/h5-8H,1-4H3. The highest BCUT2D eigenvalue weighted by atomic mass is 79.9. The van der Waals surface area contributed by atoms with Gasteiger partial charge < -0.3 is 0 Å². The summed E-state index contributed by atoms with van der Waals surface area (Å²) in [5.41, 5.74) is 2.09. The van der Waals surface area contributed by atoms with Gasteiger partial charge in [0.1, 0.15) is 5.69 Å². The Kier molecular flexibility index (Phi) is 3.58. The molecule has 0 N–H and O–H groups in total. The number of ketones is 1. The fourth-order valence-electron chi connectivity index (χ4n) is 2.04. The summed E-state index contributed by atoms with van der Waals surface area (Å²) >= 11 is 3.27. The van der Waals surface area contributed by atoms with Gasteiger partial charge in [-0.1, -0.05) is 50.3 Å². The van der Waals surface area contributed by atoms with Crippen LogP contribution in [-0.2, 0) is 12.5 Å². The molecule has 0 fully saturated rings. The van der Waals surface area contributed by atoms with Crippen molar-refractivity contribution in [2.24, 2.45) is 7.05 Å². The van der Waals surface area contributed by atoms with Crippen LogP contribution in [0.4, 0.5) is 0 Å². The first-order valence-electron chi connectivity index (χ1n) is 6.01. The Bertz CT molecular complexity index is 606. The van der Waals surface area contributed by atoms with Gasteiger partial charge in [0, 0.05) is 12.6 Å². The molecule has 0 saturated carbocycles. The van der Waals surface area contributed by atoms with Crippen LogP contribution in [0.5, 0.6) is 0 Å². The summed E-state index contributed by atoms with van der Waals surface area (Å²) in [5, 5.41) is 7.72. The van der Waals surface area contributed by atoms with E-state index < -0.39 is 0 Å². The number of nitrogens with zero attached hydrogens (tertiary/aromatic N) is 3. The lowest BCUT2D eigenvalue weighted by Gasteiger charge is -2.22. The Morgan fingerprint density at radius 1 is 1.26 bits per heavy atom. The lowest BCUT2D eigenvalue weighted by Crippen LogP contribution is -2.19. The van der Waals surface area contributed by atoms with Gasteiger partial charge in [0.2, 0.25) is 5.78 Å². The number of hydrogen-bond acceptors (Lipinski definition) is 3. The predicted molar refractivity (Wildman–Crippen MR) is 77.3 cm³/mol. The van der Waals surface area contributed by atoms with Crippen molar-refractivity contribution in [3.8, 4) is 0 Å². The van der Waals surface area contributed by atoms with E-state index in [0.717, 1.165) is 5.56 Å². The third-order valence-corrected chi connectivity index (χ3v) is 3.51. The van der Waals surface area contributed by atoms with E-state index in [9.17, 15) is 4.79 Å². The molecule has 0 aliphatic carbocycles. The fraction of sp³-hybridized carbons (Fsp3) is 0.357. The van der Waals surface area contributed by atoms with Crippen molar-refractivity contribution in [1.82, 2.24) is 15.0 Å². The van der Waals surface area contributed by atoms with Crippen molar-refractivity contribution in [1.29, 1.82) is 0 Å². The van der Waals surface area contributed by atoms with Gasteiger partial charge in [-0.25, -0.2) is 4.68 Å². The molecule has 1 aromatic heterocycles. The Morgan fingerprint density at radius 2 is 1.89 bits per heavy atom. The molecule has 0 amide bonds. The van der Waals surface area contributed by atoms with Crippen molar-refractivity contribution in [2.75, 3.05) is 0 Å². The van der Waals surface area contributed by atoms with Crippen LogP contribution >= 0.6 is 15.9 Å². The number of carbonyl (C=O) groups is 1. The first-order chi connectivity index (χ1) is 8.82. The molecule has 0 unspecified atom stereocenters. The predicted octanol–water partition coefficient (Wildman–Crippen LogP) is 3.11. The number of aromatic nitrogens is 3. The number of hydrogen-bond donors (Lipinski definition) is 0. The third-order valence-electron chi connectivity index (χ3n) is 2.98. The second-order valence-electron chi connectivity index (χ2n) is 5.48. The molecular formula is C14H16BrN3O. The van der Waals surface area contributed by atoms with Gasteiger partial charge in [0.15, 0.2) is 4.60 Å². The van der Waals surface area contributed by atoms with Crippen LogP contribution in [0.2, 0.25) is 0 Å². The molecule has 5 heteroatoms. The van der Waals surface area contributed by atoms with E-state index in [1.165, 1.54) is 4.68 Å².